The third kappa shape index (κ3) is 5.30. The van der Waals surface area contributed by atoms with Gasteiger partial charge in [0.15, 0.2) is 0 Å². The van der Waals surface area contributed by atoms with Gasteiger partial charge >= 0.3 is 0 Å². The van der Waals surface area contributed by atoms with Crippen molar-refractivity contribution in [2.45, 2.75) is 68.5 Å². The molecular weight excluding hydrogens is 436 g/mol. The molecule has 5 heteroatoms. The number of rotatable bonds is 4. The number of nitrogens with zero attached hydrogens (tertiary/aromatic N) is 2. The van der Waals surface area contributed by atoms with Crippen LogP contribution in [0, 0.1) is 11.8 Å². The molecule has 2 aromatic carbocycles. The second-order valence-electron chi connectivity index (χ2n) is 10.4. The lowest BCUT2D eigenvalue weighted by atomic mass is 9.74. The normalized spacial score (nSPS) is 26.0. The van der Waals surface area contributed by atoms with Gasteiger partial charge in [-0.3, -0.25) is 9.69 Å². The Morgan fingerprint density at radius 3 is 2.40 bits per heavy atom. The van der Waals surface area contributed by atoms with Crippen molar-refractivity contribution in [3.8, 4) is 11.8 Å². The maximum Gasteiger partial charge on any atom is 0.227 e. The van der Waals surface area contributed by atoms with Crippen molar-refractivity contribution in [3.05, 3.63) is 71.3 Å². The first-order valence-corrected chi connectivity index (χ1v) is 13.1. The maximum absolute atomic E-state index is 13.2. The number of hydrogen-bond donors (Lipinski definition) is 2. The minimum atomic E-state index is -0.830. The zero-order valence-electron chi connectivity index (χ0n) is 20.4. The summed E-state index contributed by atoms with van der Waals surface area (Å²) in [5.74, 6) is 6.61. The number of benzene rings is 2. The van der Waals surface area contributed by atoms with E-state index in [-0.39, 0.29) is 30.5 Å². The van der Waals surface area contributed by atoms with Crippen LogP contribution in [0.25, 0.3) is 0 Å². The van der Waals surface area contributed by atoms with Gasteiger partial charge in [-0.1, -0.05) is 54.3 Å². The average Bonchev–Trinajstić information content (AvgIpc) is 3.30. The minimum absolute atomic E-state index is 0.0836. The molecule has 1 saturated carbocycles. The number of aliphatic hydroxyl groups is 2. The van der Waals surface area contributed by atoms with E-state index in [1.165, 1.54) is 5.56 Å². The lowest BCUT2D eigenvalue weighted by Crippen LogP contribution is -2.68. The molecule has 0 aromatic heterocycles. The molecule has 0 unspecified atom stereocenters. The summed E-state index contributed by atoms with van der Waals surface area (Å²) in [5.41, 5.74) is 2.31. The van der Waals surface area contributed by atoms with Crippen LogP contribution in [-0.4, -0.2) is 69.8 Å². The first-order chi connectivity index (χ1) is 17.1. The fourth-order valence-corrected chi connectivity index (χ4v) is 6.11. The van der Waals surface area contributed by atoms with Gasteiger partial charge in [0.1, 0.15) is 5.60 Å². The molecule has 3 atom stereocenters. The summed E-state index contributed by atoms with van der Waals surface area (Å²) in [6.07, 6.45) is 6.05. The first-order valence-electron chi connectivity index (χ1n) is 13.1. The van der Waals surface area contributed by atoms with Crippen molar-refractivity contribution in [1.29, 1.82) is 0 Å². The summed E-state index contributed by atoms with van der Waals surface area (Å²) in [5, 5.41) is 20.7. The number of carbonyl (C=O) groups is 1. The lowest BCUT2D eigenvalue weighted by molar-refractivity contribution is -0.135. The first kappa shape index (κ1) is 24.1. The van der Waals surface area contributed by atoms with Crippen LogP contribution in [-0.2, 0) is 11.2 Å². The Labute approximate surface area is 208 Å². The van der Waals surface area contributed by atoms with E-state index in [1.807, 2.05) is 47.4 Å². The molecule has 35 heavy (non-hydrogen) atoms. The molecule has 2 saturated heterocycles. The molecule has 3 fully saturated rings. The molecule has 3 aliphatic rings. The van der Waals surface area contributed by atoms with Crippen molar-refractivity contribution >= 4 is 5.91 Å². The number of fused-ring (bicyclic) bond motifs is 1. The van der Waals surface area contributed by atoms with Gasteiger partial charge in [0.2, 0.25) is 5.91 Å². The predicted octanol–water partition coefficient (Wildman–Crippen LogP) is 3.34. The fraction of sp³-hybridized carbons (Fsp3) is 0.500. The van der Waals surface area contributed by atoms with Gasteiger partial charge in [-0.2, -0.15) is 0 Å². The summed E-state index contributed by atoms with van der Waals surface area (Å²) >= 11 is 0. The molecule has 184 valence electrons. The Hall–Kier alpha value is -2.65. The fourth-order valence-electron chi connectivity index (χ4n) is 6.11. The standard InChI is InChI=1S/C30H36N2O3/c33-22-27-29(25-12-10-23(11-13-25)14-17-30(35)15-4-5-16-30)26-21-31(18-6-7-19-32(26)27)28(34)20-24-8-2-1-3-9-24/h1-3,8-13,26-27,29,33,35H,4-7,15-16,18-22H2/t26-,27-,29-/m0/s1. The van der Waals surface area contributed by atoms with Crippen LogP contribution >= 0.6 is 0 Å². The van der Waals surface area contributed by atoms with Gasteiger partial charge in [0, 0.05) is 36.7 Å². The van der Waals surface area contributed by atoms with Crippen LogP contribution in [0.15, 0.2) is 54.6 Å². The second-order valence-corrected chi connectivity index (χ2v) is 10.4. The van der Waals surface area contributed by atoms with Crippen LogP contribution in [0.3, 0.4) is 0 Å². The Morgan fingerprint density at radius 2 is 1.69 bits per heavy atom. The molecule has 1 amide bonds. The second kappa shape index (κ2) is 10.5. The van der Waals surface area contributed by atoms with Gasteiger partial charge in [0.25, 0.3) is 0 Å². The SMILES string of the molecule is O=C(Cc1ccccc1)N1CCCCN2[C@@H](CO)[C@@H](c3ccc(C#CC4(O)CCCC4)cc3)[C@@H]2C1. The Balaban J connectivity index is 1.31. The number of carbonyl (C=O) groups excluding carboxylic acids is 1. The van der Waals surface area contributed by atoms with E-state index in [1.54, 1.807) is 0 Å². The van der Waals surface area contributed by atoms with Crippen molar-refractivity contribution in [1.82, 2.24) is 9.80 Å². The van der Waals surface area contributed by atoms with Crippen LogP contribution < -0.4 is 0 Å². The van der Waals surface area contributed by atoms with E-state index >= 15 is 0 Å². The topological polar surface area (TPSA) is 64.0 Å². The van der Waals surface area contributed by atoms with Gasteiger partial charge in [0.05, 0.1) is 13.0 Å². The summed E-state index contributed by atoms with van der Waals surface area (Å²) < 4.78 is 0. The Bertz CT molecular complexity index is 1070. The molecule has 2 heterocycles. The maximum atomic E-state index is 13.2. The number of hydrogen-bond acceptors (Lipinski definition) is 4. The van der Waals surface area contributed by atoms with Crippen LogP contribution in [0.1, 0.15) is 61.1 Å². The Morgan fingerprint density at radius 1 is 0.971 bits per heavy atom. The van der Waals surface area contributed by atoms with E-state index in [0.29, 0.717) is 13.0 Å². The largest absolute Gasteiger partial charge is 0.395 e. The highest BCUT2D eigenvalue weighted by Gasteiger charge is 2.49. The van der Waals surface area contributed by atoms with Crippen LogP contribution in [0.2, 0.25) is 0 Å². The quantitative estimate of drug-likeness (QED) is 0.670. The smallest absolute Gasteiger partial charge is 0.227 e. The predicted molar refractivity (Wildman–Crippen MR) is 137 cm³/mol. The highest BCUT2D eigenvalue weighted by atomic mass is 16.3. The van der Waals surface area contributed by atoms with E-state index in [2.05, 4.69) is 28.9 Å². The molecule has 0 spiro atoms. The highest BCUT2D eigenvalue weighted by Crippen LogP contribution is 2.42. The summed E-state index contributed by atoms with van der Waals surface area (Å²) in [6.45, 7) is 2.58. The van der Waals surface area contributed by atoms with Crippen molar-refractivity contribution in [3.63, 3.8) is 0 Å². The van der Waals surface area contributed by atoms with Crippen LogP contribution in [0.5, 0.6) is 0 Å². The molecule has 2 aromatic rings. The number of aliphatic hydroxyl groups excluding tert-OH is 1. The zero-order valence-corrected chi connectivity index (χ0v) is 20.4. The highest BCUT2D eigenvalue weighted by molar-refractivity contribution is 5.78. The zero-order chi connectivity index (χ0) is 24.3. The molecule has 5 nitrogen and oxygen atoms in total. The lowest BCUT2D eigenvalue weighted by Gasteiger charge is -2.57. The van der Waals surface area contributed by atoms with Gasteiger partial charge in [-0.15, -0.1) is 0 Å². The van der Waals surface area contributed by atoms with Crippen molar-refractivity contribution in [2.75, 3.05) is 26.2 Å². The molecular formula is C30H36N2O3. The third-order valence-electron chi connectivity index (χ3n) is 8.09. The monoisotopic (exact) mass is 472 g/mol. The molecule has 2 aliphatic heterocycles. The molecule has 1 aliphatic carbocycles. The summed E-state index contributed by atoms with van der Waals surface area (Å²) in [7, 11) is 0. The van der Waals surface area contributed by atoms with E-state index < -0.39 is 5.60 Å². The van der Waals surface area contributed by atoms with Gasteiger partial charge < -0.3 is 15.1 Å². The van der Waals surface area contributed by atoms with Crippen molar-refractivity contribution < 1.29 is 15.0 Å². The average molecular weight is 473 g/mol. The van der Waals surface area contributed by atoms with Gasteiger partial charge in [-0.05, 0) is 68.3 Å². The molecule has 5 rings (SSSR count). The van der Waals surface area contributed by atoms with Gasteiger partial charge in [-0.25, -0.2) is 0 Å². The summed E-state index contributed by atoms with van der Waals surface area (Å²) in [4.78, 5) is 17.6. The number of amides is 1. The molecule has 2 N–H and O–H groups in total. The van der Waals surface area contributed by atoms with Crippen molar-refractivity contribution in [2.24, 2.45) is 0 Å². The molecule has 0 radical (unpaired) electrons. The van der Waals surface area contributed by atoms with E-state index in [0.717, 1.165) is 62.7 Å². The third-order valence-corrected chi connectivity index (χ3v) is 8.09. The Kier molecular flexibility index (Phi) is 7.24. The van der Waals surface area contributed by atoms with Crippen LogP contribution in [0.4, 0.5) is 0 Å². The summed E-state index contributed by atoms with van der Waals surface area (Å²) in [6, 6.07) is 18.5. The molecule has 0 bridgehead atoms. The van der Waals surface area contributed by atoms with E-state index in [4.69, 9.17) is 0 Å². The minimum Gasteiger partial charge on any atom is -0.395 e. The van der Waals surface area contributed by atoms with E-state index in [9.17, 15) is 15.0 Å².